The predicted molar refractivity (Wildman–Crippen MR) is 120 cm³/mol. The Morgan fingerprint density at radius 2 is 1.69 bits per heavy atom. The number of halogens is 1. The van der Waals surface area contributed by atoms with E-state index in [2.05, 4.69) is 46.8 Å². The summed E-state index contributed by atoms with van der Waals surface area (Å²) in [6, 6.07) is 18.2. The molecule has 0 aromatic heterocycles. The summed E-state index contributed by atoms with van der Waals surface area (Å²) in [6.45, 7) is 7.80. The van der Waals surface area contributed by atoms with E-state index < -0.39 is 5.60 Å². The molecule has 26 heavy (non-hydrogen) atoms. The third-order valence-corrected chi connectivity index (χ3v) is 4.11. The zero-order chi connectivity index (χ0) is 18.1. The molecule has 0 aliphatic carbocycles. The molecule has 0 spiro atoms. The van der Waals surface area contributed by atoms with Gasteiger partial charge in [0.2, 0.25) is 0 Å². The molecule has 0 aliphatic rings. The second-order valence-electron chi connectivity index (χ2n) is 6.50. The van der Waals surface area contributed by atoms with Gasteiger partial charge in [0.05, 0.1) is 6.54 Å². The smallest absolute Gasteiger partial charge is 0.191 e. The van der Waals surface area contributed by atoms with Gasteiger partial charge in [-0.05, 0) is 38.3 Å². The lowest BCUT2D eigenvalue weighted by Gasteiger charge is -2.22. The van der Waals surface area contributed by atoms with Gasteiger partial charge < -0.3 is 15.7 Å². The van der Waals surface area contributed by atoms with Crippen LogP contribution in [0.5, 0.6) is 0 Å². The van der Waals surface area contributed by atoms with Crippen LogP contribution in [0.15, 0.2) is 59.6 Å². The van der Waals surface area contributed by atoms with Crippen LogP contribution in [0.3, 0.4) is 0 Å². The minimum atomic E-state index is -0.986. The van der Waals surface area contributed by atoms with Gasteiger partial charge in [-0.2, -0.15) is 0 Å². The molecule has 0 radical (unpaired) electrons. The van der Waals surface area contributed by atoms with Crippen molar-refractivity contribution in [3.05, 3.63) is 71.3 Å². The average molecular weight is 467 g/mol. The van der Waals surface area contributed by atoms with Gasteiger partial charge in [0.25, 0.3) is 0 Å². The van der Waals surface area contributed by atoms with Gasteiger partial charge in [0.15, 0.2) is 5.96 Å². The van der Waals surface area contributed by atoms with Crippen molar-refractivity contribution in [2.45, 2.75) is 32.8 Å². The first-order valence-corrected chi connectivity index (χ1v) is 8.87. The summed E-state index contributed by atoms with van der Waals surface area (Å²) in [4.78, 5) is 4.55. The van der Waals surface area contributed by atoms with E-state index in [1.165, 1.54) is 11.1 Å². The van der Waals surface area contributed by atoms with E-state index in [4.69, 9.17) is 0 Å². The Bertz CT molecular complexity index is 669. The number of rotatable bonds is 7. The summed E-state index contributed by atoms with van der Waals surface area (Å²) in [5.41, 5.74) is 2.45. The van der Waals surface area contributed by atoms with E-state index in [1.807, 2.05) is 37.3 Å². The standard InChI is InChI=1S/C21H29N3O.HI/c1-4-22-20(23-15-14-18-12-10-17(2)11-13-18)24-16-21(3,25)19-8-6-5-7-9-19;/h5-13,25H,4,14-16H2,1-3H3,(H2,22,23,24);1H. The largest absolute Gasteiger partial charge is 0.384 e. The van der Waals surface area contributed by atoms with Crippen LogP contribution >= 0.6 is 24.0 Å². The Balaban J connectivity index is 0.00000338. The van der Waals surface area contributed by atoms with Crippen LogP contribution in [0.25, 0.3) is 0 Å². The lowest BCUT2D eigenvalue weighted by Crippen LogP contribution is -2.39. The molecule has 0 fully saturated rings. The maximum Gasteiger partial charge on any atom is 0.191 e. The van der Waals surface area contributed by atoms with Crippen molar-refractivity contribution in [3.63, 3.8) is 0 Å². The van der Waals surface area contributed by atoms with Crippen LogP contribution in [0.4, 0.5) is 0 Å². The molecule has 0 amide bonds. The molecular weight excluding hydrogens is 437 g/mol. The quantitative estimate of drug-likeness (QED) is 0.331. The summed E-state index contributed by atoms with van der Waals surface area (Å²) in [5, 5.41) is 17.2. The van der Waals surface area contributed by atoms with E-state index in [9.17, 15) is 5.11 Å². The SMILES string of the molecule is CCNC(=NCC(C)(O)c1ccccc1)NCCc1ccc(C)cc1.I. The van der Waals surface area contributed by atoms with Gasteiger partial charge >= 0.3 is 0 Å². The second kappa shape index (κ2) is 11.2. The van der Waals surface area contributed by atoms with Crippen molar-refractivity contribution in [2.24, 2.45) is 4.99 Å². The molecule has 1 atom stereocenters. The van der Waals surface area contributed by atoms with Gasteiger partial charge in [-0.3, -0.25) is 0 Å². The fraction of sp³-hybridized carbons (Fsp3) is 0.381. The summed E-state index contributed by atoms with van der Waals surface area (Å²) in [6.07, 6.45) is 0.930. The zero-order valence-corrected chi connectivity index (χ0v) is 18.2. The Labute approximate surface area is 174 Å². The Morgan fingerprint density at radius 3 is 2.31 bits per heavy atom. The normalized spacial score (nSPS) is 13.5. The van der Waals surface area contributed by atoms with E-state index in [1.54, 1.807) is 6.92 Å². The fourth-order valence-electron chi connectivity index (χ4n) is 2.54. The van der Waals surface area contributed by atoms with E-state index >= 15 is 0 Å². The molecule has 2 aromatic carbocycles. The Hall–Kier alpha value is -1.60. The number of benzene rings is 2. The molecule has 5 heteroatoms. The lowest BCUT2D eigenvalue weighted by molar-refractivity contribution is 0.0672. The maximum atomic E-state index is 10.7. The molecule has 0 saturated carbocycles. The van der Waals surface area contributed by atoms with E-state index in [0.717, 1.165) is 31.0 Å². The molecule has 0 bridgehead atoms. The highest BCUT2D eigenvalue weighted by molar-refractivity contribution is 14.0. The monoisotopic (exact) mass is 467 g/mol. The van der Waals surface area contributed by atoms with Gasteiger partial charge in [-0.1, -0.05) is 60.2 Å². The molecule has 0 aliphatic heterocycles. The van der Waals surface area contributed by atoms with Crippen LogP contribution < -0.4 is 10.6 Å². The van der Waals surface area contributed by atoms with E-state index in [0.29, 0.717) is 6.54 Å². The van der Waals surface area contributed by atoms with Crippen molar-refractivity contribution in [3.8, 4) is 0 Å². The number of hydrogen-bond acceptors (Lipinski definition) is 2. The number of hydrogen-bond donors (Lipinski definition) is 3. The first-order valence-electron chi connectivity index (χ1n) is 8.87. The number of aliphatic hydroxyl groups is 1. The molecular formula is C21H30IN3O. The number of nitrogens with one attached hydrogen (secondary N) is 2. The topological polar surface area (TPSA) is 56.7 Å². The molecule has 0 saturated heterocycles. The summed E-state index contributed by atoms with van der Waals surface area (Å²) in [5.74, 6) is 0.728. The van der Waals surface area contributed by atoms with Crippen molar-refractivity contribution in [1.29, 1.82) is 0 Å². The molecule has 4 nitrogen and oxygen atoms in total. The molecule has 2 aromatic rings. The van der Waals surface area contributed by atoms with Crippen LogP contribution in [0.1, 0.15) is 30.5 Å². The molecule has 142 valence electrons. The average Bonchev–Trinajstić information content (AvgIpc) is 2.62. The first kappa shape index (κ1) is 22.4. The number of nitrogens with zero attached hydrogens (tertiary/aromatic N) is 1. The molecule has 3 N–H and O–H groups in total. The zero-order valence-electron chi connectivity index (χ0n) is 15.8. The predicted octanol–water partition coefficient (Wildman–Crippen LogP) is 3.62. The molecule has 0 heterocycles. The summed E-state index contributed by atoms with van der Waals surface area (Å²) in [7, 11) is 0. The second-order valence-corrected chi connectivity index (χ2v) is 6.50. The van der Waals surface area contributed by atoms with Crippen LogP contribution in [-0.4, -0.2) is 30.7 Å². The third-order valence-electron chi connectivity index (χ3n) is 4.11. The molecule has 1 unspecified atom stereocenters. The van der Waals surface area contributed by atoms with Gasteiger partial charge in [0.1, 0.15) is 5.60 Å². The maximum absolute atomic E-state index is 10.7. The van der Waals surface area contributed by atoms with Crippen molar-refractivity contribution in [1.82, 2.24) is 10.6 Å². The first-order chi connectivity index (χ1) is 12.0. The Kier molecular flexibility index (Phi) is 9.65. The minimum absolute atomic E-state index is 0. The van der Waals surface area contributed by atoms with Gasteiger partial charge in [-0.15, -0.1) is 24.0 Å². The van der Waals surface area contributed by atoms with Crippen LogP contribution in [0, 0.1) is 6.92 Å². The van der Waals surface area contributed by atoms with Gasteiger partial charge in [-0.25, -0.2) is 4.99 Å². The lowest BCUT2D eigenvalue weighted by atomic mass is 9.96. The highest BCUT2D eigenvalue weighted by atomic mass is 127. The van der Waals surface area contributed by atoms with Crippen molar-refractivity contribution >= 4 is 29.9 Å². The number of aryl methyl sites for hydroxylation is 1. The highest BCUT2D eigenvalue weighted by Gasteiger charge is 2.22. The van der Waals surface area contributed by atoms with Crippen LogP contribution in [0.2, 0.25) is 0 Å². The van der Waals surface area contributed by atoms with Crippen molar-refractivity contribution < 1.29 is 5.11 Å². The summed E-state index contributed by atoms with van der Waals surface area (Å²) < 4.78 is 0. The molecule has 2 rings (SSSR count). The highest BCUT2D eigenvalue weighted by Crippen LogP contribution is 2.20. The van der Waals surface area contributed by atoms with Crippen molar-refractivity contribution in [2.75, 3.05) is 19.6 Å². The number of aliphatic imine (C=N–C) groups is 1. The minimum Gasteiger partial charge on any atom is -0.384 e. The Morgan fingerprint density at radius 1 is 1.04 bits per heavy atom. The number of guanidine groups is 1. The van der Waals surface area contributed by atoms with Crippen LogP contribution in [-0.2, 0) is 12.0 Å². The van der Waals surface area contributed by atoms with E-state index in [-0.39, 0.29) is 24.0 Å². The summed E-state index contributed by atoms with van der Waals surface area (Å²) >= 11 is 0. The third kappa shape index (κ3) is 7.33. The fourth-order valence-corrected chi connectivity index (χ4v) is 2.54. The van der Waals surface area contributed by atoms with Gasteiger partial charge in [0, 0.05) is 13.1 Å².